The molecule has 1 aromatic heterocycles. The second-order valence-corrected chi connectivity index (χ2v) is 7.44. The van der Waals surface area contributed by atoms with Gasteiger partial charge < -0.3 is 5.32 Å². The lowest BCUT2D eigenvalue weighted by atomic mass is 10.2. The minimum absolute atomic E-state index is 0.0513. The topological polar surface area (TPSA) is 98.7 Å². The first kappa shape index (κ1) is 17.3. The van der Waals surface area contributed by atoms with Gasteiger partial charge >= 0.3 is 0 Å². The van der Waals surface area contributed by atoms with Gasteiger partial charge in [0.15, 0.2) is 0 Å². The maximum absolute atomic E-state index is 12.9. The van der Waals surface area contributed by atoms with E-state index in [1.54, 1.807) is 60.7 Å². The Morgan fingerprint density at radius 3 is 2.42 bits per heavy atom. The Kier molecular flexibility index (Phi) is 4.49. The molecule has 0 aliphatic heterocycles. The Labute approximate surface area is 151 Å². The summed E-state index contributed by atoms with van der Waals surface area (Å²) in [6.07, 6.45) is 2.82. The highest BCUT2D eigenvalue weighted by molar-refractivity contribution is 7.90. The van der Waals surface area contributed by atoms with Crippen LogP contribution in [0.3, 0.4) is 0 Å². The van der Waals surface area contributed by atoms with Gasteiger partial charge in [-0.15, -0.1) is 0 Å². The van der Waals surface area contributed by atoms with Gasteiger partial charge in [-0.2, -0.15) is 10.5 Å². The van der Waals surface area contributed by atoms with Crippen molar-refractivity contribution in [2.24, 2.45) is 0 Å². The number of benzene rings is 2. The quantitative estimate of drug-likeness (QED) is 0.716. The number of anilines is 1. The van der Waals surface area contributed by atoms with Crippen molar-refractivity contribution in [1.29, 1.82) is 10.5 Å². The highest BCUT2D eigenvalue weighted by Crippen LogP contribution is 2.25. The molecule has 0 radical (unpaired) electrons. The molecule has 1 heterocycles. The normalized spacial score (nSPS) is 10.7. The zero-order valence-corrected chi connectivity index (χ0v) is 14.7. The van der Waals surface area contributed by atoms with Crippen LogP contribution in [0.5, 0.6) is 0 Å². The van der Waals surface area contributed by atoms with Crippen LogP contribution < -0.4 is 5.32 Å². The number of aromatic nitrogens is 1. The van der Waals surface area contributed by atoms with Crippen LogP contribution in [0.4, 0.5) is 5.69 Å². The molecule has 0 aliphatic carbocycles. The number of nitrogens with zero attached hydrogens (tertiary/aromatic N) is 3. The fourth-order valence-electron chi connectivity index (χ4n) is 2.49. The summed E-state index contributed by atoms with van der Waals surface area (Å²) >= 11 is 0. The molecule has 0 saturated heterocycles. The average Bonchev–Trinajstić information content (AvgIpc) is 3.07. The van der Waals surface area contributed by atoms with Crippen LogP contribution in [0.15, 0.2) is 71.4 Å². The molecule has 0 atom stereocenters. The van der Waals surface area contributed by atoms with Crippen LogP contribution in [-0.2, 0) is 10.0 Å². The minimum Gasteiger partial charge on any atom is -0.360 e. The van der Waals surface area contributed by atoms with Crippen molar-refractivity contribution in [2.75, 3.05) is 5.32 Å². The number of fused-ring (bicyclic) bond motifs is 1. The van der Waals surface area contributed by atoms with Crippen molar-refractivity contribution in [3.05, 3.63) is 72.1 Å². The Morgan fingerprint density at radius 2 is 1.77 bits per heavy atom. The van der Waals surface area contributed by atoms with Crippen molar-refractivity contribution in [3.63, 3.8) is 0 Å². The third-order valence-electron chi connectivity index (χ3n) is 3.86. The summed E-state index contributed by atoms with van der Waals surface area (Å²) in [6, 6.07) is 17.0. The Balaban J connectivity index is 2.00. The minimum atomic E-state index is -3.69. The van der Waals surface area contributed by atoms with Crippen molar-refractivity contribution in [3.8, 4) is 12.1 Å². The molecule has 7 heteroatoms. The summed E-state index contributed by atoms with van der Waals surface area (Å²) in [4.78, 5) is 0.221. The third kappa shape index (κ3) is 3.16. The lowest BCUT2D eigenvalue weighted by molar-refractivity contribution is 0.589. The van der Waals surface area contributed by atoms with Crippen LogP contribution >= 0.6 is 0 Å². The number of allylic oxidation sites excluding steroid dienone is 1. The molecule has 0 unspecified atom stereocenters. The van der Waals surface area contributed by atoms with Gasteiger partial charge in [-0.1, -0.05) is 17.7 Å². The van der Waals surface area contributed by atoms with E-state index >= 15 is 0 Å². The second kappa shape index (κ2) is 6.75. The molecule has 0 saturated carbocycles. The molecule has 2 aromatic carbocycles. The summed E-state index contributed by atoms with van der Waals surface area (Å²) in [5.41, 5.74) is 2.12. The molecule has 0 spiro atoms. The lowest BCUT2D eigenvalue weighted by Gasteiger charge is -2.08. The van der Waals surface area contributed by atoms with E-state index in [1.807, 2.05) is 6.92 Å². The van der Waals surface area contributed by atoms with Gasteiger partial charge in [0.2, 0.25) is 0 Å². The second-order valence-electron chi connectivity index (χ2n) is 5.63. The van der Waals surface area contributed by atoms with Gasteiger partial charge in [-0.3, -0.25) is 0 Å². The fourth-order valence-corrected chi connectivity index (χ4v) is 3.84. The number of rotatable bonds is 4. The third-order valence-corrected chi connectivity index (χ3v) is 5.56. The smallest absolute Gasteiger partial charge is 0.268 e. The molecule has 128 valence electrons. The predicted octanol–water partition coefficient (Wildman–Crippen LogP) is 3.53. The van der Waals surface area contributed by atoms with Crippen LogP contribution in [0, 0.1) is 29.6 Å². The van der Waals surface area contributed by atoms with E-state index in [4.69, 9.17) is 10.5 Å². The highest BCUT2D eigenvalue weighted by atomic mass is 32.2. The van der Waals surface area contributed by atoms with Gasteiger partial charge in [0.1, 0.15) is 17.7 Å². The van der Waals surface area contributed by atoms with E-state index in [-0.39, 0.29) is 10.5 Å². The molecule has 0 amide bonds. The standard InChI is InChI=1S/C19H14N4O2S/c1-14-2-5-18(6-3-14)26(24,25)23-9-8-16-10-17(4-7-19(16)23)22-13-15(11-20)12-21/h2-10,13,22H,1H3. The molecule has 3 aromatic rings. The molecule has 1 N–H and O–H groups in total. The largest absolute Gasteiger partial charge is 0.360 e. The fraction of sp³-hybridized carbons (Fsp3) is 0.0526. The summed E-state index contributed by atoms with van der Waals surface area (Å²) in [5, 5.41) is 21.1. The van der Waals surface area contributed by atoms with Gasteiger partial charge in [0.05, 0.1) is 10.4 Å². The first-order chi connectivity index (χ1) is 12.5. The van der Waals surface area contributed by atoms with Crippen molar-refractivity contribution in [2.45, 2.75) is 11.8 Å². The zero-order valence-electron chi connectivity index (χ0n) is 13.8. The maximum atomic E-state index is 12.9. The molecular weight excluding hydrogens is 348 g/mol. The monoisotopic (exact) mass is 362 g/mol. The zero-order chi connectivity index (χ0) is 18.7. The number of nitrogens with one attached hydrogen (secondary N) is 1. The summed E-state index contributed by atoms with van der Waals surface area (Å²) < 4.78 is 27.0. The van der Waals surface area contributed by atoms with E-state index in [9.17, 15) is 8.42 Å². The van der Waals surface area contributed by atoms with E-state index < -0.39 is 10.0 Å². The Bertz CT molecular complexity index is 1180. The maximum Gasteiger partial charge on any atom is 0.268 e. The molecular formula is C19H14N4O2S. The van der Waals surface area contributed by atoms with Crippen LogP contribution in [0.25, 0.3) is 10.9 Å². The van der Waals surface area contributed by atoms with Crippen LogP contribution in [0.1, 0.15) is 5.56 Å². The number of hydrogen-bond acceptors (Lipinski definition) is 5. The molecule has 0 bridgehead atoms. The molecule has 0 fully saturated rings. The Hall–Kier alpha value is -3.55. The molecule has 26 heavy (non-hydrogen) atoms. The number of nitriles is 2. The SMILES string of the molecule is Cc1ccc(S(=O)(=O)n2ccc3cc(NC=C(C#N)C#N)ccc32)cc1. The molecule has 6 nitrogen and oxygen atoms in total. The van der Waals surface area contributed by atoms with Crippen LogP contribution in [-0.4, -0.2) is 12.4 Å². The highest BCUT2D eigenvalue weighted by Gasteiger charge is 2.18. The van der Waals surface area contributed by atoms with Crippen molar-refractivity contribution < 1.29 is 8.42 Å². The lowest BCUT2D eigenvalue weighted by Crippen LogP contribution is -2.11. The average molecular weight is 362 g/mol. The summed E-state index contributed by atoms with van der Waals surface area (Å²) in [7, 11) is -3.69. The van der Waals surface area contributed by atoms with E-state index in [0.717, 1.165) is 10.9 Å². The number of hydrogen-bond donors (Lipinski definition) is 1. The number of aryl methyl sites for hydroxylation is 1. The summed E-state index contributed by atoms with van der Waals surface area (Å²) in [5.74, 6) is 0. The van der Waals surface area contributed by atoms with Gasteiger partial charge in [0, 0.05) is 23.5 Å². The van der Waals surface area contributed by atoms with E-state index in [0.29, 0.717) is 11.2 Å². The predicted molar refractivity (Wildman–Crippen MR) is 98.6 cm³/mol. The van der Waals surface area contributed by atoms with Crippen molar-refractivity contribution >= 4 is 26.6 Å². The van der Waals surface area contributed by atoms with Gasteiger partial charge in [-0.05, 0) is 43.3 Å². The first-order valence-corrected chi connectivity index (χ1v) is 9.10. The first-order valence-electron chi connectivity index (χ1n) is 7.66. The van der Waals surface area contributed by atoms with Crippen molar-refractivity contribution in [1.82, 2.24) is 3.97 Å². The Morgan fingerprint density at radius 1 is 1.08 bits per heavy atom. The van der Waals surface area contributed by atoms with Gasteiger partial charge in [0.25, 0.3) is 10.0 Å². The van der Waals surface area contributed by atoms with Crippen LogP contribution in [0.2, 0.25) is 0 Å². The summed E-state index contributed by atoms with van der Waals surface area (Å²) in [6.45, 7) is 1.90. The molecule has 0 aliphatic rings. The van der Waals surface area contributed by atoms with Gasteiger partial charge in [-0.25, -0.2) is 12.4 Å². The molecule has 3 rings (SSSR count). The van der Waals surface area contributed by atoms with E-state index in [1.165, 1.54) is 16.4 Å². The van der Waals surface area contributed by atoms with E-state index in [2.05, 4.69) is 5.32 Å².